The third-order valence-electron chi connectivity index (χ3n) is 4.45. The van der Waals surface area contributed by atoms with Crippen molar-refractivity contribution in [3.05, 3.63) is 35.9 Å². The van der Waals surface area contributed by atoms with Gasteiger partial charge in [-0.3, -0.25) is 0 Å². The lowest BCUT2D eigenvalue weighted by molar-refractivity contribution is 0.108. The highest BCUT2D eigenvalue weighted by Crippen LogP contribution is 2.29. The fourth-order valence-corrected chi connectivity index (χ4v) is 3.11. The summed E-state index contributed by atoms with van der Waals surface area (Å²) in [6.07, 6.45) is 3.89. The maximum atomic E-state index is 5.69. The predicted octanol–water partition coefficient (Wildman–Crippen LogP) is 3.93. The molecule has 0 saturated carbocycles. The van der Waals surface area contributed by atoms with Crippen molar-refractivity contribution in [1.29, 1.82) is 0 Å². The normalized spacial score (nSPS) is 24.8. The van der Waals surface area contributed by atoms with Gasteiger partial charge in [0.25, 0.3) is 0 Å². The van der Waals surface area contributed by atoms with E-state index < -0.39 is 0 Å². The molecule has 1 aromatic rings. The van der Waals surface area contributed by atoms with E-state index in [0.717, 1.165) is 13.0 Å². The Bertz CT molecular complexity index is 361. The van der Waals surface area contributed by atoms with Crippen LogP contribution >= 0.6 is 0 Å². The van der Waals surface area contributed by atoms with Crippen LogP contribution in [0.1, 0.15) is 51.6 Å². The molecule has 2 nitrogen and oxygen atoms in total. The fraction of sp³-hybridized carbons (Fsp3) is 0.647. The molecule has 3 atom stereocenters. The second kappa shape index (κ2) is 7.06. The highest BCUT2D eigenvalue weighted by molar-refractivity contribution is 5.20. The van der Waals surface area contributed by atoms with E-state index >= 15 is 0 Å². The van der Waals surface area contributed by atoms with Crippen LogP contribution in [0.2, 0.25) is 0 Å². The van der Waals surface area contributed by atoms with Crippen molar-refractivity contribution in [2.75, 3.05) is 6.61 Å². The van der Waals surface area contributed by atoms with Crippen LogP contribution in [0.5, 0.6) is 0 Å². The standard InChI is InChI=1S/C17H27NO/c1-4-14(5-2)17(15-9-7-6-8-10-15)18-16-11-12-19-13(16)3/h6-10,13-14,16-18H,4-5,11-12H2,1-3H3. The zero-order valence-corrected chi connectivity index (χ0v) is 12.4. The summed E-state index contributed by atoms with van der Waals surface area (Å²) in [6, 6.07) is 11.8. The van der Waals surface area contributed by atoms with Crippen LogP contribution in [0.4, 0.5) is 0 Å². The van der Waals surface area contributed by atoms with Crippen molar-refractivity contribution in [3.8, 4) is 0 Å². The molecular weight excluding hydrogens is 234 g/mol. The first-order chi connectivity index (χ1) is 9.26. The lowest BCUT2D eigenvalue weighted by atomic mass is 9.88. The summed E-state index contributed by atoms with van der Waals surface area (Å²) in [7, 11) is 0. The SMILES string of the molecule is CCC(CC)C(NC1CCOC1C)c1ccccc1. The molecule has 0 radical (unpaired) electrons. The Morgan fingerprint density at radius 3 is 2.42 bits per heavy atom. The predicted molar refractivity (Wildman–Crippen MR) is 80.2 cm³/mol. The van der Waals surface area contributed by atoms with E-state index in [1.165, 1.54) is 18.4 Å². The van der Waals surface area contributed by atoms with Gasteiger partial charge in [0, 0.05) is 18.7 Å². The lowest BCUT2D eigenvalue weighted by Gasteiger charge is -2.31. The minimum Gasteiger partial charge on any atom is -0.377 e. The second-order valence-electron chi connectivity index (χ2n) is 5.60. The van der Waals surface area contributed by atoms with Crippen LogP contribution in [-0.4, -0.2) is 18.8 Å². The summed E-state index contributed by atoms with van der Waals surface area (Å²) in [5.74, 6) is 0.690. The molecule has 19 heavy (non-hydrogen) atoms. The van der Waals surface area contributed by atoms with Crippen molar-refractivity contribution in [2.45, 2.75) is 58.2 Å². The Balaban J connectivity index is 2.14. The van der Waals surface area contributed by atoms with E-state index in [-0.39, 0.29) is 0 Å². The highest BCUT2D eigenvalue weighted by atomic mass is 16.5. The zero-order chi connectivity index (χ0) is 13.7. The van der Waals surface area contributed by atoms with Crippen LogP contribution in [0, 0.1) is 5.92 Å². The van der Waals surface area contributed by atoms with Gasteiger partial charge in [-0.05, 0) is 24.8 Å². The molecule has 0 aliphatic carbocycles. The smallest absolute Gasteiger partial charge is 0.0700 e. The fourth-order valence-electron chi connectivity index (χ4n) is 3.11. The first kappa shape index (κ1) is 14.5. The second-order valence-corrected chi connectivity index (χ2v) is 5.60. The topological polar surface area (TPSA) is 21.3 Å². The summed E-state index contributed by atoms with van der Waals surface area (Å²) < 4.78 is 5.69. The first-order valence-corrected chi connectivity index (χ1v) is 7.68. The van der Waals surface area contributed by atoms with Gasteiger partial charge in [-0.15, -0.1) is 0 Å². The van der Waals surface area contributed by atoms with Crippen LogP contribution in [0.15, 0.2) is 30.3 Å². The van der Waals surface area contributed by atoms with Crippen molar-refractivity contribution in [1.82, 2.24) is 5.32 Å². The Morgan fingerprint density at radius 1 is 1.21 bits per heavy atom. The number of benzene rings is 1. The first-order valence-electron chi connectivity index (χ1n) is 7.68. The number of hydrogen-bond acceptors (Lipinski definition) is 2. The molecule has 1 fully saturated rings. The van der Waals surface area contributed by atoms with Crippen molar-refractivity contribution in [3.63, 3.8) is 0 Å². The molecule has 0 bridgehead atoms. The molecule has 1 aromatic carbocycles. The molecule has 2 heteroatoms. The molecule has 1 aliphatic heterocycles. The minimum atomic E-state index is 0.334. The molecule has 0 amide bonds. The van der Waals surface area contributed by atoms with Gasteiger partial charge in [-0.1, -0.05) is 57.0 Å². The Labute approximate surface area is 117 Å². The van der Waals surface area contributed by atoms with Crippen molar-refractivity contribution in [2.24, 2.45) is 5.92 Å². The largest absolute Gasteiger partial charge is 0.377 e. The van der Waals surface area contributed by atoms with E-state index in [1.807, 2.05) is 0 Å². The van der Waals surface area contributed by atoms with Gasteiger partial charge in [0.1, 0.15) is 0 Å². The van der Waals surface area contributed by atoms with Gasteiger partial charge in [0.15, 0.2) is 0 Å². The third kappa shape index (κ3) is 3.58. The summed E-state index contributed by atoms with van der Waals surface area (Å²) in [5, 5.41) is 3.86. The van der Waals surface area contributed by atoms with Gasteiger partial charge in [-0.25, -0.2) is 0 Å². The van der Waals surface area contributed by atoms with Gasteiger partial charge < -0.3 is 10.1 Å². The van der Waals surface area contributed by atoms with E-state index in [2.05, 4.69) is 56.4 Å². The average Bonchev–Trinajstić information content (AvgIpc) is 2.85. The van der Waals surface area contributed by atoms with Crippen LogP contribution in [0.3, 0.4) is 0 Å². The Kier molecular flexibility index (Phi) is 5.41. The molecule has 0 spiro atoms. The summed E-state index contributed by atoms with van der Waals surface area (Å²) in [6.45, 7) is 7.66. The van der Waals surface area contributed by atoms with Crippen LogP contribution in [-0.2, 0) is 4.74 Å². The molecular formula is C17H27NO. The zero-order valence-electron chi connectivity index (χ0n) is 12.4. The van der Waals surface area contributed by atoms with E-state index in [4.69, 9.17) is 4.74 Å². The number of ether oxygens (including phenoxy) is 1. The summed E-state index contributed by atoms with van der Waals surface area (Å²) in [4.78, 5) is 0. The Morgan fingerprint density at radius 2 is 1.89 bits per heavy atom. The number of rotatable bonds is 6. The average molecular weight is 261 g/mol. The molecule has 106 valence electrons. The maximum absolute atomic E-state index is 5.69. The van der Waals surface area contributed by atoms with E-state index in [1.54, 1.807) is 0 Å². The van der Waals surface area contributed by atoms with Crippen LogP contribution < -0.4 is 5.32 Å². The van der Waals surface area contributed by atoms with Gasteiger partial charge >= 0.3 is 0 Å². The van der Waals surface area contributed by atoms with E-state index in [0.29, 0.717) is 24.1 Å². The molecule has 1 N–H and O–H groups in total. The van der Waals surface area contributed by atoms with Gasteiger partial charge in [0.2, 0.25) is 0 Å². The van der Waals surface area contributed by atoms with Gasteiger partial charge in [0.05, 0.1) is 6.10 Å². The third-order valence-corrected chi connectivity index (χ3v) is 4.45. The van der Waals surface area contributed by atoms with E-state index in [9.17, 15) is 0 Å². The number of hydrogen-bond donors (Lipinski definition) is 1. The molecule has 3 unspecified atom stereocenters. The summed E-state index contributed by atoms with van der Waals surface area (Å²) >= 11 is 0. The van der Waals surface area contributed by atoms with Gasteiger partial charge in [-0.2, -0.15) is 0 Å². The molecule has 0 aromatic heterocycles. The molecule has 1 aliphatic rings. The molecule has 1 heterocycles. The Hall–Kier alpha value is -0.860. The highest BCUT2D eigenvalue weighted by Gasteiger charge is 2.29. The lowest BCUT2D eigenvalue weighted by Crippen LogP contribution is -2.40. The quantitative estimate of drug-likeness (QED) is 0.837. The van der Waals surface area contributed by atoms with Crippen molar-refractivity contribution < 1.29 is 4.74 Å². The van der Waals surface area contributed by atoms with Crippen molar-refractivity contribution >= 4 is 0 Å². The molecule has 1 saturated heterocycles. The summed E-state index contributed by atoms with van der Waals surface area (Å²) in [5.41, 5.74) is 1.41. The molecule has 2 rings (SSSR count). The number of nitrogens with one attached hydrogen (secondary N) is 1. The van der Waals surface area contributed by atoms with Crippen LogP contribution in [0.25, 0.3) is 0 Å². The minimum absolute atomic E-state index is 0.334. The monoisotopic (exact) mass is 261 g/mol. The maximum Gasteiger partial charge on any atom is 0.0700 e.